The second kappa shape index (κ2) is 7.48. The van der Waals surface area contributed by atoms with Crippen LogP contribution in [0.3, 0.4) is 0 Å². The second-order valence-electron chi connectivity index (χ2n) is 7.24. The number of carbonyl (C=O) groups excluding carboxylic acids is 1. The average molecular weight is 356 g/mol. The molecule has 2 aliphatic carbocycles. The molecule has 4 rings (SSSR count). The van der Waals surface area contributed by atoms with Gasteiger partial charge in [0.25, 0.3) is 5.89 Å². The monoisotopic (exact) mass is 356 g/mol. The maximum atomic E-state index is 12.1. The Morgan fingerprint density at radius 2 is 2.15 bits per heavy atom. The van der Waals surface area contributed by atoms with Crippen LogP contribution in [0.25, 0.3) is 11.4 Å². The normalized spacial score (nSPS) is 24.0. The van der Waals surface area contributed by atoms with E-state index in [2.05, 4.69) is 10.1 Å². The molecule has 6 heteroatoms. The van der Waals surface area contributed by atoms with Crippen molar-refractivity contribution in [2.24, 2.45) is 17.8 Å². The summed E-state index contributed by atoms with van der Waals surface area (Å²) in [5.41, 5.74) is 0.762. The minimum atomic E-state index is -0.169. The van der Waals surface area contributed by atoms with Crippen LogP contribution in [0.15, 0.2) is 28.8 Å². The maximum absolute atomic E-state index is 12.1. The zero-order chi connectivity index (χ0) is 17.9. The van der Waals surface area contributed by atoms with E-state index in [0.717, 1.165) is 17.4 Å². The fourth-order valence-corrected chi connectivity index (χ4v) is 4.40. The highest BCUT2D eigenvalue weighted by molar-refractivity contribution is 5.69. The molecule has 0 spiro atoms. The van der Waals surface area contributed by atoms with E-state index < -0.39 is 0 Å². The van der Waals surface area contributed by atoms with E-state index in [1.54, 1.807) is 0 Å². The molecule has 2 fully saturated rings. The Kier molecular flexibility index (Phi) is 4.91. The molecule has 2 saturated carbocycles. The highest BCUT2D eigenvalue weighted by Gasteiger charge is 2.40. The Balaban J connectivity index is 1.33. The van der Waals surface area contributed by atoms with Gasteiger partial charge in [0, 0.05) is 6.42 Å². The van der Waals surface area contributed by atoms with Crippen LogP contribution in [0.5, 0.6) is 5.75 Å². The number of nitrogens with zero attached hydrogens (tertiary/aromatic N) is 2. The van der Waals surface area contributed by atoms with E-state index in [-0.39, 0.29) is 12.6 Å². The van der Waals surface area contributed by atoms with Gasteiger partial charge in [0.15, 0.2) is 6.61 Å². The smallest absolute Gasteiger partial charge is 0.306 e. The zero-order valence-corrected chi connectivity index (χ0v) is 15.0. The van der Waals surface area contributed by atoms with E-state index in [0.29, 0.717) is 36.4 Å². The van der Waals surface area contributed by atoms with Crippen LogP contribution in [0.1, 0.15) is 44.9 Å². The summed E-state index contributed by atoms with van der Waals surface area (Å²) in [4.78, 5) is 16.5. The number of ether oxygens (including phenoxy) is 2. The van der Waals surface area contributed by atoms with Crippen LogP contribution >= 0.6 is 0 Å². The third-order valence-corrected chi connectivity index (χ3v) is 5.57. The highest BCUT2D eigenvalue weighted by Crippen LogP contribution is 2.49. The molecule has 3 atom stereocenters. The first-order valence-corrected chi connectivity index (χ1v) is 9.43. The standard InChI is InChI=1S/C20H24N2O4/c1-2-24-17-6-4-3-5-16(17)20-21-18(26-22-20)12-25-19(23)11-15-10-13-7-8-14(15)9-13/h3-6,13-15H,2,7-12H2,1H3. The lowest BCUT2D eigenvalue weighted by Crippen LogP contribution is -2.17. The number of hydrogen-bond acceptors (Lipinski definition) is 6. The van der Waals surface area contributed by atoms with E-state index >= 15 is 0 Å². The minimum Gasteiger partial charge on any atom is -0.493 e. The van der Waals surface area contributed by atoms with Crippen molar-refractivity contribution in [2.75, 3.05) is 6.61 Å². The van der Waals surface area contributed by atoms with Crippen molar-refractivity contribution in [3.63, 3.8) is 0 Å². The molecule has 1 aromatic heterocycles. The Hall–Kier alpha value is -2.37. The van der Waals surface area contributed by atoms with Crippen molar-refractivity contribution in [1.82, 2.24) is 10.1 Å². The molecule has 0 aliphatic heterocycles. The number of para-hydroxylation sites is 1. The Morgan fingerprint density at radius 3 is 2.92 bits per heavy atom. The molecule has 0 N–H and O–H groups in total. The van der Waals surface area contributed by atoms with Crippen molar-refractivity contribution in [3.8, 4) is 17.1 Å². The average Bonchev–Trinajstić information content (AvgIpc) is 3.38. The number of esters is 1. The van der Waals surface area contributed by atoms with Crippen molar-refractivity contribution in [2.45, 2.75) is 45.6 Å². The molecule has 26 heavy (non-hydrogen) atoms. The van der Waals surface area contributed by atoms with Crippen LogP contribution in [-0.2, 0) is 16.1 Å². The van der Waals surface area contributed by atoms with Crippen LogP contribution in [0.4, 0.5) is 0 Å². The van der Waals surface area contributed by atoms with Crippen molar-refractivity contribution < 1.29 is 18.8 Å². The topological polar surface area (TPSA) is 74.5 Å². The second-order valence-corrected chi connectivity index (χ2v) is 7.24. The summed E-state index contributed by atoms with van der Waals surface area (Å²) in [7, 11) is 0. The lowest BCUT2D eigenvalue weighted by molar-refractivity contribution is -0.147. The molecule has 0 radical (unpaired) electrons. The third-order valence-electron chi connectivity index (χ3n) is 5.57. The first-order valence-electron chi connectivity index (χ1n) is 9.43. The van der Waals surface area contributed by atoms with Gasteiger partial charge in [0.2, 0.25) is 5.82 Å². The summed E-state index contributed by atoms with van der Waals surface area (Å²) < 4.78 is 16.2. The summed E-state index contributed by atoms with van der Waals surface area (Å²) in [6.45, 7) is 2.50. The predicted octanol–water partition coefficient (Wildman–Crippen LogP) is 4.00. The van der Waals surface area contributed by atoms with Crippen LogP contribution in [0, 0.1) is 17.8 Å². The maximum Gasteiger partial charge on any atom is 0.306 e. The molecule has 6 nitrogen and oxygen atoms in total. The zero-order valence-electron chi connectivity index (χ0n) is 15.0. The summed E-state index contributed by atoms with van der Waals surface area (Å²) >= 11 is 0. The number of rotatable bonds is 7. The van der Waals surface area contributed by atoms with Gasteiger partial charge in [-0.05, 0) is 56.1 Å². The number of carbonyl (C=O) groups is 1. The minimum absolute atomic E-state index is 0.0173. The molecule has 3 unspecified atom stereocenters. The molecule has 2 bridgehead atoms. The fourth-order valence-electron chi connectivity index (χ4n) is 4.40. The molecule has 1 aromatic carbocycles. The molecule has 0 saturated heterocycles. The van der Waals surface area contributed by atoms with Gasteiger partial charge in [-0.2, -0.15) is 4.98 Å². The Bertz CT molecular complexity index is 773. The summed E-state index contributed by atoms with van der Waals surface area (Å²) in [5.74, 6) is 3.32. The molecule has 138 valence electrons. The number of fused-ring (bicyclic) bond motifs is 2. The summed E-state index contributed by atoms with van der Waals surface area (Å²) in [6, 6.07) is 7.53. The Labute approximate surface area is 152 Å². The largest absolute Gasteiger partial charge is 0.493 e. The molecular weight excluding hydrogens is 332 g/mol. The molecule has 2 aliphatic rings. The van der Waals surface area contributed by atoms with Crippen molar-refractivity contribution >= 4 is 5.97 Å². The molecule has 2 aromatic rings. The lowest BCUT2D eigenvalue weighted by atomic mass is 9.86. The van der Waals surface area contributed by atoms with Crippen LogP contribution < -0.4 is 4.74 Å². The first-order chi connectivity index (χ1) is 12.7. The number of hydrogen-bond donors (Lipinski definition) is 0. The van der Waals surface area contributed by atoms with Gasteiger partial charge in [-0.25, -0.2) is 0 Å². The van der Waals surface area contributed by atoms with Gasteiger partial charge in [0.1, 0.15) is 5.75 Å². The van der Waals surface area contributed by atoms with E-state index in [9.17, 15) is 4.79 Å². The number of aromatic nitrogens is 2. The van der Waals surface area contributed by atoms with E-state index in [4.69, 9.17) is 14.0 Å². The highest BCUT2D eigenvalue weighted by atomic mass is 16.6. The molecule has 0 amide bonds. The Morgan fingerprint density at radius 1 is 1.27 bits per heavy atom. The fraction of sp³-hybridized carbons (Fsp3) is 0.550. The SMILES string of the molecule is CCOc1ccccc1-c1noc(COC(=O)CC2CC3CCC2C3)n1. The van der Waals surface area contributed by atoms with Gasteiger partial charge >= 0.3 is 5.97 Å². The lowest BCUT2D eigenvalue weighted by Gasteiger charge is -2.20. The summed E-state index contributed by atoms with van der Waals surface area (Å²) in [6.07, 6.45) is 5.59. The van der Waals surface area contributed by atoms with Crippen LogP contribution in [0.2, 0.25) is 0 Å². The van der Waals surface area contributed by atoms with Gasteiger partial charge in [-0.1, -0.05) is 23.7 Å². The van der Waals surface area contributed by atoms with Gasteiger partial charge in [-0.3, -0.25) is 4.79 Å². The van der Waals surface area contributed by atoms with Gasteiger partial charge < -0.3 is 14.0 Å². The van der Waals surface area contributed by atoms with Gasteiger partial charge in [-0.15, -0.1) is 0 Å². The van der Waals surface area contributed by atoms with Crippen molar-refractivity contribution in [1.29, 1.82) is 0 Å². The van der Waals surface area contributed by atoms with Gasteiger partial charge in [0.05, 0.1) is 12.2 Å². The molecular formula is C20H24N2O4. The predicted molar refractivity (Wildman–Crippen MR) is 94.3 cm³/mol. The first kappa shape index (κ1) is 17.1. The molecule has 1 heterocycles. The third kappa shape index (κ3) is 3.59. The van der Waals surface area contributed by atoms with Crippen LogP contribution in [-0.4, -0.2) is 22.7 Å². The van der Waals surface area contributed by atoms with Crippen molar-refractivity contribution in [3.05, 3.63) is 30.2 Å². The summed E-state index contributed by atoms with van der Waals surface area (Å²) in [5, 5.41) is 3.98. The van der Waals surface area contributed by atoms with E-state index in [1.807, 2.05) is 31.2 Å². The quantitative estimate of drug-likeness (QED) is 0.698. The number of benzene rings is 1. The van der Waals surface area contributed by atoms with E-state index in [1.165, 1.54) is 25.7 Å².